The molecule has 0 saturated carbocycles. The third kappa shape index (κ3) is 4.06. The van der Waals surface area contributed by atoms with Gasteiger partial charge in [-0.2, -0.15) is 0 Å². The molecule has 2 nitrogen and oxygen atoms in total. The van der Waals surface area contributed by atoms with Crippen molar-refractivity contribution in [3.63, 3.8) is 0 Å². The van der Waals surface area contributed by atoms with Crippen molar-refractivity contribution in [3.05, 3.63) is 0 Å². The Balaban J connectivity index is 2.37. The zero-order valence-electron chi connectivity index (χ0n) is 10.6. The Hall–Kier alpha value is -0.180. The molecule has 1 rings (SSSR count). The van der Waals surface area contributed by atoms with Gasteiger partial charge in [-0.3, -0.25) is 4.99 Å². The molecule has 1 heterocycles. The number of hydrogen-bond donors (Lipinski definition) is 1. The minimum absolute atomic E-state index is 0.614. The number of nitrogens with zero attached hydrogens (tertiary/aromatic N) is 1. The van der Waals surface area contributed by atoms with Crippen LogP contribution in [0, 0.1) is 17.8 Å². The molecule has 0 aromatic carbocycles. The number of thioether (sulfide) groups is 1. The van der Waals surface area contributed by atoms with E-state index in [1.165, 1.54) is 5.75 Å². The maximum Gasteiger partial charge on any atom is 0.156 e. The van der Waals surface area contributed by atoms with Crippen LogP contribution in [0.5, 0.6) is 0 Å². The predicted octanol–water partition coefficient (Wildman–Crippen LogP) is 3.00. The molecular formula is C12H24N2S. The Kier molecular flexibility index (Phi) is 4.97. The summed E-state index contributed by atoms with van der Waals surface area (Å²) >= 11 is 1.87. The van der Waals surface area contributed by atoms with Gasteiger partial charge in [0.25, 0.3) is 0 Å². The minimum Gasteiger partial charge on any atom is -0.361 e. The Labute approximate surface area is 98.3 Å². The highest BCUT2D eigenvalue weighted by atomic mass is 32.2. The molecule has 2 unspecified atom stereocenters. The first-order valence-electron chi connectivity index (χ1n) is 5.94. The summed E-state index contributed by atoms with van der Waals surface area (Å²) in [5.41, 5.74) is 0. The smallest absolute Gasteiger partial charge is 0.156 e. The Morgan fingerprint density at radius 3 is 2.47 bits per heavy atom. The summed E-state index contributed by atoms with van der Waals surface area (Å²) in [5, 5.41) is 4.65. The van der Waals surface area contributed by atoms with Crippen molar-refractivity contribution in [1.29, 1.82) is 0 Å². The highest BCUT2D eigenvalue weighted by molar-refractivity contribution is 8.14. The summed E-state index contributed by atoms with van der Waals surface area (Å²) in [5.74, 6) is 3.28. The molecule has 88 valence electrons. The average molecular weight is 228 g/mol. The molecule has 1 fully saturated rings. The van der Waals surface area contributed by atoms with E-state index in [4.69, 9.17) is 0 Å². The van der Waals surface area contributed by atoms with Crippen molar-refractivity contribution in [2.24, 2.45) is 22.7 Å². The van der Waals surface area contributed by atoms with Crippen molar-refractivity contribution in [2.45, 2.75) is 40.7 Å². The largest absolute Gasteiger partial charge is 0.361 e. The van der Waals surface area contributed by atoms with Crippen molar-refractivity contribution < 1.29 is 0 Å². The van der Waals surface area contributed by atoms with Gasteiger partial charge in [0, 0.05) is 18.3 Å². The van der Waals surface area contributed by atoms with Gasteiger partial charge in [0.15, 0.2) is 5.17 Å². The van der Waals surface area contributed by atoms with Crippen LogP contribution in [0.4, 0.5) is 0 Å². The van der Waals surface area contributed by atoms with Crippen molar-refractivity contribution in [1.82, 2.24) is 5.32 Å². The molecule has 3 heteroatoms. The lowest BCUT2D eigenvalue weighted by atomic mass is 9.99. The topological polar surface area (TPSA) is 24.4 Å². The van der Waals surface area contributed by atoms with Crippen molar-refractivity contribution >= 4 is 16.9 Å². The molecule has 0 amide bonds. The van der Waals surface area contributed by atoms with Crippen LogP contribution in [0.15, 0.2) is 4.99 Å². The summed E-state index contributed by atoms with van der Waals surface area (Å²) in [6, 6.07) is 0.614. The van der Waals surface area contributed by atoms with Crippen LogP contribution >= 0.6 is 11.8 Å². The third-order valence-electron chi connectivity index (χ3n) is 3.17. The van der Waals surface area contributed by atoms with Crippen molar-refractivity contribution in [2.75, 3.05) is 12.3 Å². The molecule has 1 N–H and O–H groups in total. The van der Waals surface area contributed by atoms with Gasteiger partial charge in [0.05, 0.1) is 0 Å². The van der Waals surface area contributed by atoms with E-state index in [-0.39, 0.29) is 0 Å². The molecule has 0 aromatic rings. The molecule has 1 aliphatic heterocycles. The summed E-state index contributed by atoms with van der Waals surface area (Å²) < 4.78 is 0. The predicted molar refractivity (Wildman–Crippen MR) is 70.5 cm³/mol. The van der Waals surface area contributed by atoms with Crippen LogP contribution in [-0.2, 0) is 0 Å². The van der Waals surface area contributed by atoms with E-state index in [0.717, 1.165) is 17.6 Å². The SMILES string of the molecule is CC(C)C(C)CN=C1NC(C(C)C)CS1. The number of amidine groups is 1. The van der Waals surface area contributed by atoms with Crippen LogP contribution in [0.2, 0.25) is 0 Å². The number of nitrogens with one attached hydrogen (secondary N) is 1. The van der Waals surface area contributed by atoms with E-state index < -0.39 is 0 Å². The second-order valence-corrected chi connectivity index (χ2v) is 6.18. The van der Waals surface area contributed by atoms with Gasteiger partial charge in [0.1, 0.15) is 0 Å². The first-order valence-corrected chi connectivity index (χ1v) is 6.93. The Bertz CT molecular complexity index is 224. The lowest BCUT2D eigenvalue weighted by molar-refractivity contribution is 0.429. The number of aliphatic imine (C=N–C) groups is 1. The van der Waals surface area contributed by atoms with E-state index in [1.807, 2.05) is 11.8 Å². The Morgan fingerprint density at radius 1 is 1.33 bits per heavy atom. The first-order chi connectivity index (χ1) is 7.00. The number of hydrogen-bond acceptors (Lipinski definition) is 2. The van der Waals surface area contributed by atoms with Crippen LogP contribution in [0.1, 0.15) is 34.6 Å². The second-order valence-electron chi connectivity index (χ2n) is 5.17. The van der Waals surface area contributed by atoms with Gasteiger partial charge < -0.3 is 5.32 Å². The van der Waals surface area contributed by atoms with E-state index in [0.29, 0.717) is 17.9 Å². The summed E-state index contributed by atoms with van der Waals surface area (Å²) in [7, 11) is 0. The fraction of sp³-hybridized carbons (Fsp3) is 0.917. The monoisotopic (exact) mass is 228 g/mol. The third-order valence-corrected chi connectivity index (χ3v) is 4.22. The summed E-state index contributed by atoms with van der Waals surface area (Å²) in [4.78, 5) is 4.65. The van der Waals surface area contributed by atoms with Gasteiger partial charge in [-0.15, -0.1) is 0 Å². The summed E-state index contributed by atoms with van der Waals surface area (Å²) in [6.45, 7) is 12.3. The number of rotatable bonds is 4. The van der Waals surface area contributed by atoms with Crippen LogP contribution in [0.25, 0.3) is 0 Å². The lowest BCUT2D eigenvalue weighted by Gasteiger charge is -2.14. The van der Waals surface area contributed by atoms with E-state index in [9.17, 15) is 0 Å². The molecule has 0 aromatic heterocycles. The second kappa shape index (κ2) is 5.78. The fourth-order valence-corrected chi connectivity index (χ4v) is 2.50. The highest BCUT2D eigenvalue weighted by Crippen LogP contribution is 2.19. The molecule has 1 aliphatic rings. The molecule has 0 spiro atoms. The molecule has 15 heavy (non-hydrogen) atoms. The standard InChI is InChI=1S/C12H24N2S/c1-8(2)10(5)6-13-12-14-11(7-15-12)9(3)4/h8-11H,6-7H2,1-5H3,(H,13,14). The van der Waals surface area contributed by atoms with Crippen molar-refractivity contribution in [3.8, 4) is 0 Å². The molecular weight excluding hydrogens is 204 g/mol. The van der Waals surface area contributed by atoms with Gasteiger partial charge >= 0.3 is 0 Å². The van der Waals surface area contributed by atoms with Crippen LogP contribution < -0.4 is 5.32 Å². The van der Waals surface area contributed by atoms with Gasteiger partial charge in [-0.25, -0.2) is 0 Å². The molecule has 1 saturated heterocycles. The van der Waals surface area contributed by atoms with E-state index >= 15 is 0 Å². The zero-order chi connectivity index (χ0) is 11.4. The molecule has 0 radical (unpaired) electrons. The molecule has 0 bridgehead atoms. The quantitative estimate of drug-likeness (QED) is 0.800. The molecule has 2 atom stereocenters. The Morgan fingerprint density at radius 2 is 2.00 bits per heavy atom. The van der Waals surface area contributed by atoms with Gasteiger partial charge in [-0.05, 0) is 17.8 Å². The van der Waals surface area contributed by atoms with Gasteiger partial charge in [0.2, 0.25) is 0 Å². The van der Waals surface area contributed by atoms with Crippen LogP contribution in [0.3, 0.4) is 0 Å². The highest BCUT2D eigenvalue weighted by Gasteiger charge is 2.22. The minimum atomic E-state index is 0.614. The lowest BCUT2D eigenvalue weighted by Crippen LogP contribution is -2.31. The van der Waals surface area contributed by atoms with E-state index in [2.05, 4.69) is 44.9 Å². The first kappa shape index (κ1) is 12.9. The molecule has 0 aliphatic carbocycles. The maximum atomic E-state index is 4.65. The fourth-order valence-electron chi connectivity index (χ4n) is 1.30. The van der Waals surface area contributed by atoms with Gasteiger partial charge in [-0.1, -0.05) is 46.4 Å². The normalized spacial score (nSPS) is 26.3. The van der Waals surface area contributed by atoms with Crippen LogP contribution in [-0.4, -0.2) is 23.5 Å². The summed E-state index contributed by atoms with van der Waals surface area (Å²) in [6.07, 6.45) is 0. The zero-order valence-corrected chi connectivity index (χ0v) is 11.4. The average Bonchev–Trinajstić information content (AvgIpc) is 2.62. The maximum absolute atomic E-state index is 4.65. The van der Waals surface area contributed by atoms with E-state index in [1.54, 1.807) is 0 Å².